The zero-order valence-corrected chi connectivity index (χ0v) is 14.7. The molecular formula is C16H18N8O3. The van der Waals surface area contributed by atoms with Gasteiger partial charge in [-0.15, -0.1) is 5.10 Å². The average Bonchev–Trinajstić information content (AvgIpc) is 3.26. The molecule has 0 fully saturated rings. The number of hydrogen-bond acceptors (Lipinski definition) is 9. The fraction of sp³-hybridized carbons (Fsp3) is 0.250. The van der Waals surface area contributed by atoms with Crippen molar-refractivity contribution in [3.8, 4) is 11.6 Å². The highest BCUT2D eigenvalue weighted by atomic mass is 16.6. The number of nitrogens with one attached hydrogen (secondary N) is 1. The van der Waals surface area contributed by atoms with E-state index >= 15 is 0 Å². The first-order valence-electron chi connectivity index (χ1n) is 8.18. The number of phenolic OH excluding ortho intramolecular Hbond substituents is 1. The molecule has 0 spiro atoms. The third-order valence-corrected chi connectivity index (χ3v) is 3.78. The number of nitrogen functional groups attached to an aromatic ring is 1. The number of phenols is 1. The fourth-order valence-corrected chi connectivity index (χ4v) is 2.47. The lowest BCUT2D eigenvalue weighted by molar-refractivity contribution is 0.0948. The fourth-order valence-electron chi connectivity index (χ4n) is 2.47. The first kappa shape index (κ1) is 18.0. The molecule has 11 nitrogen and oxygen atoms in total. The Morgan fingerprint density at radius 3 is 2.81 bits per heavy atom. The smallest absolute Gasteiger partial charge is 0.293 e. The van der Waals surface area contributed by atoms with Crippen LogP contribution in [0.1, 0.15) is 42.0 Å². The minimum Gasteiger partial charge on any atom is -0.507 e. The standard InChI is InChI=1S/C16H18N8O3/c1-3-6-11-13(19-23-24(11)15-14(17)21-27-22-15)16(26)20-18-9(2)10-7-4-5-8-12(10)25/h4-5,7-8,25H,3,6H2,1-2H3,(H2,17,21)(H,20,26)/b18-9-. The highest BCUT2D eigenvalue weighted by molar-refractivity contribution is 6.02. The van der Waals surface area contributed by atoms with Crippen molar-refractivity contribution in [3.63, 3.8) is 0 Å². The Hall–Kier alpha value is -3.76. The predicted octanol–water partition coefficient (Wildman–Crippen LogP) is 1.04. The second-order valence-electron chi connectivity index (χ2n) is 5.67. The number of para-hydroxylation sites is 1. The topological polar surface area (TPSA) is 157 Å². The van der Waals surface area contributed by atoms with Crippen molar-refractivity contribution in [2.75, 3.05) is 5.73 Å². The van der Waals surface area contributed by atoms with Crippen LogP contribution in [0.3, 0.4) is 0 Å². The zero-order chi connectivity index (χ0) is 19.4. The molecule has 0 radical (unpaired) electrons. The molecular weight excluding hydrogens is 352 g/mol. The molecule has 0 saturated heterocycles. The van der Waals surface area contributed by atoms with Crippen LogP contribution in [0, 0.1) is 0 Å². The summed E-state index contributed by atoms with van der Waals surface area (Å²) in [6.07, 6.45) is 1.24. The third kappa shape index (κ3) is 3.61. The Morgan fingerprint density at radius 2 is 2.15 bits per heavy atom. The number of aromatic hydroxyl groups is 1. The number of nitrogens with two attached hydrogens (primary N) is 1. The normalized spacial score (nSPS) is 11.6. The summed E-state index contributed by atoms with van der Waals surface area (Å²) in [4.78, 5) is 12.5. The summed E-state index contributed by atoms with van der Waals surface area (Å²) < 4.78 is 5.91. The number of rotatable bonds is 6. The van der Waals surface area contributed by atoms with Crippen molar-refractivity contribution in [2.45, 2.75) is 26.7 Å². The number of amides is 1. The summed E-state index contributed by atoms with van der Waals surface area (Å²) in [7, 11) is 0. The van der Waals surface area contributed by atoms with E-state index in [9.17, 15) is 9.90 Å². The third-order valence-electron chi connectivity index (χ3n) is 3.78. The van der Waals surface area contributed by atoms with Crippen LogP contribution < -0.4 is 11.2 Å². The number of carbonyl (C=O) groups is 1. The Morgan fingerprint density at radius 1 is 1.37 bits per heavy atom. The maximum absolute atomic E-state index is 12.5. The summed E-state index contributed by atoms with van der Waals surface area (Å²) in [6, 6.07) is 6.69. The number of carbonyl (C=O) groups excluding carboxylic acids is 1. The van der Waals surface area contributed by atoms with Crippen molar-refractivity contribution < 1.29 is 14.5 Å². The molecule has 0 aliphatic carbocycles. The van der Waals surface area contributed by atoms with E-state index in [1.54, 1.807) is 25.1 Å². The van der Waals surface area contributed by atoms with E-state index in [1.807, 2.05) is 6.92 Å². The SMILES string of the molecule is CCCc1c(C(=O)N/N=C(/C)c2ccccc2O)nnn1-c1nonc1N. The molecule has 0 atom stereocenters. The van der Waals surface area contributed by atoms with E-state index in [2.05, 4.69) is 35.8 Å². The maximum Gasteiger partial charge on any atom is 0.293 e. The van der Waals surface area contributed by atoms with Gasteiger partial charge in [0.1, 0.15) is 5.75 Å². The van der Waals surface area contributed by atoms with Gasteiger partial charge in [-0.05, 0) is 35.8 Å². The lowest BCUT2D eigenvalue weighted by Crippen LogP contribution is -2.21. The molecule has 3 aromatic rings. The van der Waals surface area contributed by atoms with Gasteiger partial charge in [0.15, 0.2) is 5.69 Å². The Balaban J connectivity index is 1.87. The minimum absolute atomic E-state index is 0.0395. The molecule has 0 aliphatic rings. The van der Waals surface area contributed by atoms with Gasteiger partial charge in [-0.25, -0.2) is 10.1 Å². The Labute approximate surface area is 153 Å². The van der Waals surface area contributed by atoms with Gasteiger partial charge in [0.25, 0.3) is 5.91 Å². The van der Waals surface area contributed by atoms with Gasteiger partial charge in [0.05, 0.1) is 11.4 Å². The molecule has 27 heavy (non-hydrogen) atoms. The first-order valence-corrected chi connectivity index (χ1v) is 8.18. The molecule has 0 aliphatic heterocycles. The number of hydrogen-bond donors (Lipinski definition) is 3. The van der Waals surface area contributed by atoms with Gasteiger partial charge in [-0.2, -0.15) is 9.78 Å². The molecule has 4 N–H and O–H groups in total. The molecule has 1 aromatic carbocycles. The highest BCUT2D eigenvalue weighted by Crippen LogP contribution is 2.18. The van der Waals surface area contributed by atoms with E-state index < -0.39 is 5.91 Å². The maximum atomic E-state index is 12.5. The number of benzene rings is 1. The summed E-state index contributed by atoms with van der Waals surface area (Å²) in [5.41, 5.74) is 9.68. The number of anilines is 1. The predicted molar refractivity (Wildman–Crippen MR) is 95.4 cm³/mol. The van der Waals surface area contributed by atoms with E-state index in [4.69, 9.17) is 5.73 Å². The zero-order valence-electron chi connectivity index (χ0n) is 14.7. The van der Waals surface area contributed by atoms with E-state index in [0.717, 1.165) is 6.42 Å². The van der Waals surface area contributed by atoms with Gasteiger partial charge in [0.2, 0.25) is 11.6 Å². The number of nitrogens with zero attached hydrogens (tertiary/aromatic N) is 6. The molecule has 0 saturated carbocycles. The highest BCUT2D eigenvalue weighted by Gasteiger charge is 2.23. The van der Waals surface area contributed by atoms with Gasteiger partial charge in [-0.3, -0.25) is 4.79 Å². The molecule has 0 unspecified atom stereocenters. The number of aromatic nitrogens is 5. The summed E-state index contributed by atoms with van der Waals surface area (Å²) in [5.74, 6) is -0.273. The van der Waals surface area contributed by atoms with Crippen LogP contribution in [-0.4, -0.2) is 42.0 Å². The quantitative estimate of drug-likeness (QED) is 0.429. The van der Waals surface area contributed by atoms with Crippen molar-refractivity contribution >= 4 is 17.4 Å². The van der Waals surface area contributed by atoms with E-state index in [0.29, 0.717) is 23.4 Å². The average molecular weight is 370 g/mol. The minimum atomic E-state index is -0.547. The summed E-state index contributed by atoms with van der Waals surface area (Å²) >= 11 is 0. The first-order chi connectivity index (χ1) is 13.0. The van der Waals surface area contributed by atoms with Crippen LogP contribution in [0.15, 0.2) is 34.0 Å². The Bertz CT molecular complexity index is 991. The molecule has 3 rings (SSSR count). The summed E-state index contributed by atoms with van der Waals surface area (Å²) in [5, 5.41) is 28.9. The van der Waals surface area contributed by atoms with Crippen LogP contribution in [0.5, 0.6) is 5.75 Å². The van der Waals surface area contributed by atoms with Crippen LogP contribution in [0.25, 0.3) is 5.82 Å². The van der Waals surface area contributed by atoms with Crippen LogP contribution in [0.2, 0.25) is 0 Å². The van der Waals surface area contributed by atoms with Gasteiger partial charge >= 0.3 is 0 Å². The van der Waals surface area contributed by atoms with Crippen molar-refractivity contribution in [2.24, 2.45) is 5.10 Å². The monoisotopic (exact) mass is 370 g/mol. The van der Waals surface area contributed by atoms with Crippen molar-refractivity contribution in [3.05, 3.63) is 41.2 Å². The molecule has 140 valence electrons. The molecule has 11 heteroatoms. The Kier molecular flexibility index (Phi) is 5.11. The molecule has 0 bridgehead atoms. The van der Waals surface area contributed by atoms with Gasteiger partial charge in [0, 0.05) is 5.56 Å². The van der Waals surface area contributed by atoms with Gasteiger partial charge < -0.3 is 10.8 Å². The van der Waals surface area contributed by atoms with Crippen molar-refractivity contribution in [1.29, 1.82) is 0 Å². The van der Waals surface area contributed by atoms with E-state index in [1.165, 1.54) is 10.7 Å². The summed E-state index contributed by atoms with van der Waals surface area (Å²) in [6.45, 7) is 3.62. The lowest BCUT2D eigenvalue weighted by Gasteiger charge is -2.05. The van der Waals surface area contributed by atoms with Gasteiger partial charge in [-0.1, -0.05) is 30.7 Å². The number of hydrazone groups is 1. The largest absolute Gasteiger partial charge is 0.507 e. The van der Waals surface area contributed by atoms with E-state index in [-0.39, 0.29) is 23.1 Å². The van der Waals surface area contributed by atoms with Crippen LogP contribution >= 0.6 is 0 Å². The molecule has 2 heterocycles. The van der Waals surface area contributed by atoms with Crippen LogP contribution in [0.4, 0.5) is 5.82 Å². The molecule has 1 amide bonds. The second-order valence-corrected chi connectivity index (χ2v) is 5.67. The second kappa shape index (κ2) is 7.64. The van der Waals surface area contributed by atoms with Crippen LogP contribution in [-0.2, 0) is 6.42 Å². The molecule has 2 aromatic heterocycles. The lowest BCUT2D eigenvalue weighted by atomic mass is 10.1. The van der Waals surface area contributed by atoms with Crippen molar-refractivity contribution in [1.82, 2.24) is 30.7 Å².